The summed E-state index contributed by atoms with van der Waals surface area (Å²) in [5, 5.41) is 12.9. The largest absolute Gasteiger partial charge is 0.378 e. The number of nitrogens with one attached hydrogen (secondary N) is 1. The van der Waals surface area contributed by atoms with Crippen molar-refractivity contribution in [3.63, 3.8) is 0 Å². The molecule has 1 unspecified atom stereocenters. The Bertz CT molecular complexity index is 892. The molecule has 1 aromatic heterocycles. The molecule has 1 aromatic carbocycles. The zero-order chi connectivity index (χ0) is 19.6. The molecular weight excluding hydrogens is 368 g/mol. The van der Waals surface area contributed by atoms with Crippen LogP contribution >= 0.6 is 0 Å². The molecule has 8 heteroatoms. The monoisotopic (exact) mass is 394 g/mol. The Morgan fingerprint density at radius 2 is 1.45 bits per heavy atom. The second kappa shape index (κ2) is 7.96. The Kier molecular flexibility index (Phi) is 5.03. The van der Waals surface area contributed by atoms with Crippen molar-refractivity contribution in [1.82, 2.24) is 10.2 Å². The maximum Gasteiger partial charge on any atom is 0.179 e. The van der Waals surface area contributed by atoms with Crippen molar-refractivity contribution < 1.29 is 9.47 Å². The Balaban J connectivity index is 1.62. The molecule has 152 valence electrons. The lowest BCUT2D eigenvalue weighted by molar-refractivity contribution is 0.121. The van der Waals surface area contributed by atoms with E-state index < -0.39 is 0 Å². The van der Waals surface area contributed by atoms with Gasteiger partial charge in [0.05, 0.1) is 38.2 Å². The number of benzene rings is 1. The van der Waals surface area contributed by atoms with Crippen LogP contribution in [-0.2, 0) is 9.47 Å². The van der Waals surface area contributed by atoms with E-state index in [1.807, 2.05) is 18.2 Å². The SMILES string of the molecule is CC1Nc2c(N3CCOCC3)nnc(N3CCOCC3)c2N=C1c1ccccc1. The number of nitrogens with zero attached hydrogens (tertiary/aromatic N) is 5. The van der Waals surface area contributed by atoms with Crippen molar-refractivity contribution in [2.24, 2.45) is 4.99 Å². The number of anilines is 3. The van der Waals surface area contributed by atoms with Gasteiger partial charge in [-0.25, -0.2) is 4.99 Å². The van der Waals surface area contributed by atoms with Crippen molar-refractivity contribution in [2.75, 3.05) is 67.7 Å². The molecular formula is C21H26N6O2. The normalized spacial score (nSPS) is 22.0. The van der Waals surface area contributed by atoms with Crippen LogP contribution in [0.5, 0.6) is 0 Å². The molecule has 5 rings (SSSR count). The lowest BCUT2D eigenvalue weighted by Gasteiger charge is -2.35. The van der Waals surface area contributed by atoms with Crippen LogP contribution in [0.1, 0.15) is 12.5 Å². The summed E-state index contributed by atoms with van der Waals surface area (Å²) in [5.41, 5.74) is 3.99. The maximum atomic E-state index is 5.53. The number of rotatable bonds is 3. The minimum atomic E-state index is 0.0754. The molecule has 0 radical (unpaired) electrons. The second-order valence-corrected chi connectivity index (χ2v) is 7.50. The first-order chi connectivity index (χ1) is 14.3. The van der Waals surface area contributed by atoms with Gasteiger partial charge in [-0.15, -0.1) is 10.2 Å². The van der Waals surface area contributed by atoms with Gasteiger partial charge < -0.3 is 24.6 Å². The van der Waals surface area contributed by atoms with Gasteiger partial charge in [-0.05, 0) is 12.5 Å². The molecule has 1 atom stereocenters. The number of morpholine rings is 2. The highest BCUT2D eigenvalue weighted by Gasteiger charge is 2.31. The lowest BCUT2D eigenvalue weighted by atomic mass is 10.0. The smallest absolute Gasteiger partial charge is 0.179 e. The van der Waals surface area contributed by atoms with E-state index in [9.17, 15) is 0 Å². The first-order valence-electron chi connectivity index (χ1n) is 10.3. The highest BCUT2D eigenvalue weighted by molar-refractivity contribution is 6.11. The van der Waals surface area contributed by atoms with Crippen LogP contribution in [0.25, 0.3) is 0 Å². The van der Waals surface area contributed by atoms with Crippen molar-refractivity contribution in [3.8, 4) is 0 Å². The van der Waals surface area contributed by atoms with Gasteiger partial charge in [-0.2, -0.15) is 0 Å². The van der Waals surface area contributed by atoms with Crippen molar-refractivity contribution in [2.45, 2.75) is 13.0 Å². The zero-order valence-corrected chi connectivity index (χ0v) is 16.7. The molecule has 2 fully saturated rings. The highest BCUT2D eigenvalue weighted by atomic mass is 16.5. The third-order valence-corrected chi connectivity index (χ3v) is 5.61. The van der Waals surface area contributed by atoms with Crippen LogP contribution in [0.15, 0.2) is 35.3 Å². The molecule has 3 aliphatic heterocycles. The van der Waals surface area contributed by atoms with E-state index in [1.54, 1.807) is 0 Å². The van der Waals surface area contributed by atoms with Gasteiger partial charge in [0.2, 0.25) is 0 Å². The molecule has 4 heterocycles. The fourth-order valence-electron chi connectivity index (χ4n) is 4.06. The Morgan fingerprint density at radius 3 is 2.10 bits per heavy atom. The van der Waals surface area contributed by atoms with Gasteiger partial charge in [0.15, 0.2) is 11.6 Å². The minimum absolute atomic E-state index is 0.0754. The predicted molar refractivity (Wildman–Crippen MR) is 114 cm³/mol. The molecule has 2 aromatic rings. The first kappa shape index (κ1) is 18.3. The Morgan fingerprint density at radius 1 is 0.862 bits per heavy atom. The van der Waals surface area contributed by atoms with Crippen LogP contribution in [0, 0.1) is 0 Å². The molecule has 0 aliphatic carbocycles. The first-order valence-corrected chi connectivity index (χ1v) is 10.3. The third kappa shape index (κ3) is 3.54. The number of ether oxygens (including phenoxy) is 2. The fraction of sp³-hybridized carbons (Fsp3) is 0.476. The number of aliphatic imine (C=N–C) groups is 1. The summed E-state index contributed by atoms with van der Waals surface area (Å²) in [6.45, 7) is 8.15. The number of fused-ring (bicyclic) bond motifs is 1. The highest BCUT2D eigenvalue weighted by Crippen LogP contribution is 2.43. The van der Waals surface area contributed by atoms with Crippen LogP contribution in [-0.4, -0.2) is 74.6 Å². The standard InChI is InChI=1S/C21H26N6O2/c1-15-17(16-5-3-2-4-6-16)23-19-18(22-15)20(26-7-11-28-12-8-26)24-25-21(19)27-9-13-29-14-10-27/h2-6,15,22H,7-14H2,1H3. The number of hydrogen-bond acceptors (Lipinski definition) is 8. The molecule has 1 N–H and O–H groups in total. The van der Waals surface area contributed by atoms with E-state index in [4.69, 9.17) is 14.5 Å². The van der Waals surface area contributed by atoms with Crippen molar-refractivity contribution >= 4 is 28.7 Å². The van der Waals surface area contributed by atoms with Crippen molar-refractivity contribution in [1.29, 1.82) is 0 Å². The Hall–Kier alpha value is -2.71. The zero-order valence-electron chi connectivity index (χ0n) is 16.7. The molecule has 3 aliphatic rings. The minimum Gasteiger partial charge on any atom is -0.378 e. The van der Waals surface area contributed by atoms with E-state index in [2.05, 4.69) is 44.4 Å². The summed E-state index contributed by atoms with van der Waals surface area (Å²) in [6, 6.07) is 10.4. The predicted octanol–water partition coefficient (Wildman–Crippen LogP) is 2.08. The molecule has 8 nitrogen and oxygen atoms in total. The molecule has 0 bridgehead atoms. The summed E-state index contributed by atoms with van der Waals surface area (Å²) in [7, 11) is 0. The van der Waals surface area contributed by atoms with Crippen LogP contribution in [0.3, 0.4) is 0 Å². The molecule has 29 heavy (non-hydrogen) atoms. The van der Waals surface area contributed by atoms with E-state index in [-0.39, 0.29) is 6.04 Å². The van der Waals surface area contributed by atoms with Gasteiger partial charge in [-0.3, -0.25) is 0 Å². The average Bonchev–Trinajstić information content (AvgIpc) is 2.79. The summed E-state index contributed by atoms with van der Waals surface area (Å²) in [5.74, 6) is 1.69. The molecule has 2 saturated heterocycles. The van der Waals surface area contributed by atoms with E-state index in [0.717, 1.165) is 60.5 Å². The molecule has 0 amide bonds. The van der Waals surface area contributed by atoms with Gasteiger partial charge in [0, 0.05) is 26.2 Å². The van der Waals surface area contributed by atoms with Crippen LogP contribution < -0.4 is 15.1 Å². The second-order valence-electron chi connectivity index (χ2n) is 7.50. The van der Waals surface area contributed by atoms with Crippen LogP contribution in [0.2, 0.25) is 0 Å². The van der Waals surface area contributed by atoms with Gasteiger partial charge in [0.25, 0.3) is 0 Å². The van der Waals surface area contributed by atoms with E-state index in [0.29, 0.717) is 26.4 Å². The van der Waals surface area contributed by atoms with E-state index >= 15 is 0 Å². The van der Waals surface area contributed by atoms with Gasteiger partial charge in [0.1, 0.15) is 11.4 Å². The summed E-state index contributed by atoms with van der Waals surface area (Å²) >= 11 is 0. The van der Waals surface area contributed by atoms with E-state index in [1.165, 1.54) is 0 Å². The van der Waals surface area contributed by atoms with Crippen LogP contribution in [0.4, 0.5) is 23.0 Å². The van der Waals surface area contributed by atoms with Crippen molar-refractivity contribution in [3.05, 3.63) is 35.9 Å². The summed E-state index contributed by atoms with van der Waals surface area (Å²) < 4.78 is 11.0. The van der Waals surface area contributed by atoms with Gasteiger partial charge in [-0.1, -0.05) is 30.3 Å². The van der Waals surface area contributed by atoms with Gasteiger partial charge >= 0.3 is 0 Å². The summed E-state index contributed by atoms with van der Waals surface area (Å²) in [6.07, 6.45) is 0. The molecule has 0 saturated carbocycles. The molecule has 0 spiro atoms. The quantitative estimate of drug-likeness (QED) is 0.854. The third-order valence-electron chi connectivity index (χ3n) is 5.61. The average molecular weight is 394 g/mol. The topological polar surface area (TPSA) is 75.1 Å². The Labute approximate surface area is 170 Å². The lowest BCUT2D eigenvalue weighted by Crippen LogP contribution is -2.40. The number of hydrogen-bond donors (Lipinski definition) is 1. The summed E-state index contributed by atoms with van der Waals surface area (Å²) in [4.78, 5) is 9.60. The number of aromatic nitrogens is 2. The fourth-order valence-corrected chi connectivity index (χ4v) is 4.06. The maximum absolute atomic E-state index is 5.53.